The van der Waals surface area contributed by atoms with Gasteiger partial charge in [0.2, 0.25) is 0 Å². The van der Waals surface area contributed by atoms with E-state index in [0.717, 1.165) is 0 Å². The second-order valence-corrected chi connectivity index (χ2v) is 39.8. The van der Waals surface area contributed by atoms with Gasteiger partial charge in [0.25, 0.3) is 0 Å². The zero-order chi connectivity index (χ0) is 37.0. The van der Waals surface area contributed by atoms with Gasteiger partial charge in [0.15, 0.2) is 0 Å². The number of benzene rings is 2. The van der Waals surface area contributed by atoms with Crippen LogP contribution in [0.4, 0.5) is 0 Å². The number of hydrogen-bond donors (Lipinski definition) is 0. The van der Waals surface area contributed by atoms with Crippen molar-refractivity contribution in [1.82, 2.24) is 0 Å². The van der Waals surface area contributed by atoms with Crippen molar-refractivity contribution in [2.24, 2.45) is 0 Å². The summed E-state index contributed by atoms with van der Waals surface area (Å²) in [4.78, 5) is 0. The molecule has 47 heavy (non-hydrogen) atoms. The third-order valence-corrected chi connectivity index (χ3v) is 32.9. The third kappa shape index (κ3) is 6.74. The second-order valence-electron chi connectivity index (χ2n) is 22.0. The molecule has 1 aliphatic rings. The summed E-state index contributed by atoms with van der Waals surface area (Å²) in [6, 6.07) is 5.26. The molecule has 5 heteroatoms. The Bertz CT molecular complexity index is 1470. The second kappa shape index (κ2) is 12.4. The molecule has 0 N–H and O–H groups in total. The van der Waals surface area contributed by atoms with Crippen molar-refractivity contribution >= 4 is 59.3 Å². The van der Waals surface area contributed by atoms with E-state index in [4.69, 9.17) is 0 Å². The van der Waals surface area contributed by atoms with Crippen LogP contribution < -0.4 is 7.16 Å². The molecular weight excluding hydrogens is 701 g/mol. The van der Waals surface area contributed by atoms with Crippen LogP contribution >= 0.6 is 0 Å². The molecule has 0 atom stereocenters. The van der Waals surface area contributed by atoms with Crippen molar-refractivity contribution in [2.75, 3.05) is 0 Å². The Labute approximate surface area is 303 Å². The van der Waals surface area contributed by atoms with Crippen LogP contribution in [0.1, 0.15) is 128 Å². The zero-order valence-corrected chi connectivity index (χ0v) is 40.7. The summed E-state index contributed by atoms with van der Waals surface area (Å²) in [5.41, 5.74) is 12.6. The summed E-state index contributed by atoms with van der Waals surface area (Å²) >= 11 is -2.93. The standard InChI is InChI=1S/C16H36B2Si2.2C13H19.Sn/c1-14(2,3)17-13-18(15(4,5)6)16(17,19(7,8)9)20(10,11)12;2*1-9-7-12(13(4,5)6)8-10(2)11(9)3;/h1-12H3;2*7H,1-6H3;. The molecule has 0 unspecified atom stereocenters. The van der Waals surface area contributed by atoms with E-state index in [2.05, 4.69) is 179 Å². The molecule has 0 spiro atoms. The predicted molar refractivity (Wildman–Crippen MR) is 229 cm³/mol. The van der Waals surface area contributed by atoms with Crippen LogP contribution in [0.15, 0.2) is 12.1 Å². The van der Waals surface area contributed by atoms with E-state index < -0.39 is 35.4 Å². The van der Waals surface area contributed by atoms with Gasteiger partial charge >= 0.3 is 306 Å². The van der Waals surface area contributed by atoms with E-state index in [0.29, 0.717) is 17.9 Å². The Kier molecular flexibility index (Phi) is 10.9. The van der Waals surface area contributed by atoms with Gasteiger partial charge in [-0.1, -0.05) is 0 Å². The number of aryl methyl sites for hydroxylation is 2. The topological polar surface area (TPSA) is 0 Å². The number of hydrogen-bond acceptors (Lipinski definition) is 0. The van der Waals surface area contributed by atoms with Gasteiger partial charge in [-0.05, 0) is 0 Å². The zero-order valence-electron chi connectivity index (χ0n) is 35.8. The fourth-order valence-electron chi connectivity index (χ4n) is 10.6. The molecule has 0 amide bonds. The molecule has 0 saturated carbocycles. The van der Waals surface area contributed by atoms with E-state index in [9.17, 15) is 0 Å². The molecule has 3 rings (SSSR count). The first-order valence-corrected chi connectivity index (χ1v) is 29.9. The maximum atomic E-state index is 2.76. The molecule has 1 aliphatic heterocycles. The molecule has 0 bridgehead atoms. The predicted octanol–water partition coefficient (Wildman–Crippen LogP) is 11.2. The van der Waals surface area contributed by atoms with Crippen molar-refractivity contribution in [3.8, 4) is 0 Å². The maximum absolute atomic E-state index is 2.93. The molecule has 260 valence electrons. The third-order valence-electron chi connectivity index (χ3n) is 12.5. The summed E-state index contributed by atoms with van der Waals surface area (Å²) < 4.78 is 6.12. The number of rotatable bonds is 4. The van der Waals surface area contributed by atoms with Crippen LogP contribution in [-0.4, -0.2) is 52.2 Å². The van der Waals surface area contributed by atoms with E-state index in [-0.39, 0.29) is 21.5 Å². The van der Waals surface area contributed by atoms with Crippen molar-refractivity contribution in [1.29, 1.82) is 0 Å². The van der Waals surface area contributed by atoms with E-state index in [1.165, 1.54) is 22.3 Å². The monoisotopic (exact) mass is 776 g/mol. The van der Waals surface area contributed by atoms with Gasteiger partial charge in [-0.25, -0.2) is 0 Å². The molecular formula is C42H74B2Si2Sn. The first kappa shape index (κ1) is 41.1. The average Bonchev–Trinajstić information content (AvgIpc) is 2.79. The summed E-state index contributed by atoms with van der Waals surface area (Å²) in [6.45, 7) is 63.1. The minimum absolute atomic E-state index is 0.0767. The Balaban J connectivity index is 2.99. The molecule has 1 fully saturated rings. The van der Waals surface area contributed by atoms with Gasteiger partial charge in [-0.2, -0.15) is 0 Å². The molecule has 1 heterocycles. The minimum atomic E-state index is -2.93. The van der Waals surface area contributed by atoms with Crippen LogP contribution in [-0.2, 0) is 10.8 Å². The Hall–Kier alpha value is -0.328. The summed E-state index contributed by atoms with van der Waals surface area (Å²) in [6.07, 6.45) is 0. The van der Waals surface area contributed by atoms with Crippen molar-refractivity contribution < 1.29 is 0 Å². The molecule has 0 radical (unpaired) electrons. The normalized spacial score (nSPS) is 16.6. The Morgan fingerprint density at radius 1 is 0.489 bits per heavy atom. The van der Waals surface area contributed by atoms with Gasteiger partial charge < -0.3 is 0 Å². The Morgan fingerprint density at radius 3 is 0.979 bits per heavy atom. The molecule has 0 aromatic heterocycles. The molecule has 1 saturated heterocycles. The van der Waals surface area contributed by atoms with Gasteiger partial charge in [-0.3, -0.25) is 0 Å². The molecule has 2 aromatic carbocycles. The first-order chi connectivity index (χ1) is 20.7. The van der Waals surface area contributed by atoms with Gasteiger partial charge in [0.1, 0.15) is 0 Å². The fourth-order valence-corrected chi connectivity index (χ4v) is 42.1. The van der Waals surface area contributed by atoms with Crippen LogP contribution in [0.5, 0.6) is 0 Å². The van der Waals surface area contributed by atoms with Crippen molar-refractivity contribution in [3.63, 3.8) is 0 Å². The molecule has 0 aliphatic carbocycles. The summed E-state index contributed by atoms with van der Waals surface area (Å²) in [5.74, 6) is 0. The average molecular weight is 776 g/mol. The van der Waals surface area contributed by atoms with E-state index >= 15 is 0 Å². The van der Waals surface area contributed by atoms with Crippen LogP contribution in [0, 0.1) is 41.5 Å². The summed E-state index contributed by atoms with van der Waals surface area (Å²) in [5, 5.41) is 0.406. The SMILES string of the molecule is Cc1cc(C(C)(C)C)[c]([Sn](=[C]2B(C(C)(C)C)C([Si](C)(C)C)([Si](C)(C)C)B2C(C)(C)C)[c]2c(C(C)(C)C)cc(C)c(C)c2C)c(C)c1C. The first-order valence-electron chi connectivity index (χ1n) is 18.6. The van der Waals surface area contributed by atoms with Gasteiger partial charge in [-0.15, -0.1) is 0 Å². The van der Waals surface area contributed by atoms with Gasteiger partial charge in [0, 0.05) is 0 Å². The van der Waals surface area contributed by atoms with Gasteiger partial charge in [0.05, 0.1) is 0 Å². The molecule has 2 aromatic rings. The van der Waals surface area contributed by atoms with Crippen molar-refractivity contribution in [2.45, 2.75) is 190 Å². The van der Waals surface area contributed by atoms with Crippen LogP contribution in [0.25, 0.3) is 0 Å². The van der Waals surface area contributed by atoms with E-state index in [1.54, 1.807) is 22.3 Å². The quantitative estimate of drug-likeness (QED) is 0.271. The van der Waals surface area contributed by atoms with Crippen LogP contribution in [0.2, 0.25) is 54.4 Å². The Morgan fingerprint density at radius 2 is 0.766 bits per heavy atom. The van der Waals surface area contributed by atoms with Crippen molar-refractivity contribution in [3.05, 3.63) is 56.6 Å². The summed E-state index contributed by atoms with van der Waals surface area (Å²) in [7, 11) is -3.38. The van der Waals surface area contributed by atoms with E-state index in [1.807, 2.05) is 7.16 Å². The van der Waals surface area contributed by atoms with Crippen LogP contribution in [0.3, 0.4) is 0 Å². The molecule has 0 nitrogen and oxygen atoms in total. The fraction of sp³-hybridized carbons (Fsp3) is 0.690.